The van der Waals surface area contributed by atoms with Crippen LogP contribution >= 0.6 is 0 Å². The molecule has 0 spiro atoms. The van der Waals surface area contributed by atoms with Crippen LogP contribution in [0, 0.1) is 10.1 Å². The Morgan fingerprint density at radius 1 is 1.47 bits per heavy atom. The van der Waals surface area contributed by atoms with Crippen LogP contribution in [0.2, 0.25) is 0 Å². The number of nitrogens with zero attached hydrogens (tertiary/aromatic N) is 1. The number of rotatable bonds is 6. The fourth-order valence-corrected chi connectivity index (χ4v) is 1.70. The first-order valence-corrected chi connectivity index (χ1v) is 6.68. The van der Waals surface area contributed by atoms with E-state index in [1.54, 1.807) is 0 Å². The highest BCUT2D eigenvalue weighted by atomic mass is 32.2. The lowest BCUT2D eigenvalue weighted by Gasteiger charge is -2.06. The van der Waals surface area contributed by atoms with Gasteiger partial charge in [0.05, 0.1) is 10.7 Å². The highest BCUT2D eigenvalue weighted by molar-refractivity contribution is 7.89. The number of nitrogens with one attached hydrogen (secondary N) is 1. The van der Waals surface area contributed by atoms with E-state index in [0.717, 1.165) is 12.1 Å². The predicted molar refractivity (Wildman–Crippen MR) is 66.5 cm³/mol. The fourth-order valence-electron chi connectivity index (χ4n) is 1.31. The smallest absolute Gasteiger partial charge is 0.342 e. The molecule has 4 N–H and O–H groups in total. The Labute approximate surface area is 108 Å². The number of carboxylic acids is 1. The minimum Gasteiger partial charge on any atom is -0.477 e. The van der Waals surface area contributed by atoms with E-state index >= 15 is 0 Å². The summed E-state index contributed by atoms with van der Waals surface area (Å²) >= 11 is 0. The molecule has 0 saturated heterocycles. The van der Waals surface area contributed by atoms with Crippen molar-refractivity contribution >= 4 is 27.4 Å². The van der Waals surface area contributed by atoms with Crippen LogP contribution < -0.4 is 10.5 Å². The lowest BCUT2D eigenvalue weighted by Crippen LogP contribution is -2.22. The summed E-state index contributed by atoms with van der Waals surface area (Å²) in [6.07, 6.45) is 0. The van der Waals surface area contributed by atoms with Gasteiger partial charge in [-0.15, -0.1) is 0 Å². The van der Waals surface area contributed by atoms with Crippen LogP contribution in [-0.2, 0) is 10.0 Å². The first-order chi connectivity index (χ1) is 8.70. The topological polar surface area (TPSA) is 153 Å². The van der Waals surface area contributed by atoms with Gasteiger partial charge in [-0.2, -0.15) is 0 Å². The predicted octanol–water partition coefficient (Wildman–Crippen LogP) is -0.00660. The second kappa shape index (κ2) is 5.63. The number of carboxylic acid groups (broad SMARTS) is 1. The second-order valence-electron chi connectivity index (χ2n) is 3.59. The summed E-state index contributed by atoms with van der Waals surface area (Å²) in [5, 5.41) is 26.9. The number of sulfonamides is 1. The molecule has 104 valence electrons. The Morgan fingerprint density at radius 2 is 2.11 bits per heavy atom. The van der Waals surface area contributed by atoms with Crippen molar-refractivity contribution in [3.63, 3.8) is 0 Å². The molecule has 0 bridgehead atoms. The molecular weight excluding hydrogens is 278 g/mol. The van der Waals surface area contributed by atoms with Gasteiger partial charge in [-0.3, -0.25) is 10.1 Å². The number of benzene rings is 1. The zero-order valence-corrected chi connectivity index (χ0v) is 10.4. The molecule has 0 aliphatic carbocycles. The van der Waals surface area contributed by atoms with E-state index in [0.29, 0.717) is 0 Å². The average molecular weight is 289 g/mol. The summed E-state index contributed by atoms with van der Waals surface area (Å²) in [4.78, 5) is 20.6. The number of nitro groups is 1. The van der Waals surface area contributed by atoms with Gasteiger partial charge in [0, 0.05) is 18.3 Å². The van der Waals surface area contributed by atoms with E-state index in [1.165, 1.54) is 6.07 Å². The quantitative estimate of drug-likeness (QED) is 0.491. The molecule has 0 heterocycles. The van der Waals surface area contributed by atoms with Crippen molar-refractivity contribution in [2.24, 2.45) is 5.14 Å². The van der Waals surface area contributed by atoms with Crippen molar-refractivity contribution in [1.82, 2.24) is 0 Å². The summed E-state index contributed by atoms with van der Waals surface area (Å²) in [6, 6.07) is 3.39. The molecule has 0 unspecified atom stereocenters. The van der Waals surface area contributed by atoms with Gasteiger partial charge in [0.1, 0.15) is 5.56 Å². The minimum atomic E-state index is -3.63. The maximum Gasteiger partial charge on any atom is 0.342 e. The first kappa shape index (κ1) is 14.9. The van der Waals surface area contributed by atoms with Gasteiger partial charge >= 0.3 is 5.97 Å². The number of anilines is 1. The molecule has 1 rings (SSSR count). The Morgan fingerprint density at radius 3 is 2.58 bits per heavy atom. The van der Waals surface area contributed by atoms with Crippen molar-refractivity contribution < 1.29 is 23.2 Å². The van der Waals surface area contributed by atoms with E-state index in [9.17, 15) is 23.3 Å². The van der Waals surface area contributed by atoms with E-state index in [1.807, 2.05) is 0 Å². The SMILES string of the molecule is NS(=O)(=O)CCNc1ccc(C(=O)O)c([N+](=O)[O-])c1. The van der Waals surface area contributed by atoms with E-state index in [2.05, 4.69) is 5.32 Å². The molecule has 1 aromatic rings. The monoisotopic (exact) mass is 289 g/mol. The summed E-state index contributed by atoms with van der Waals surface area (Å²) < 4.78 is 21.4. The highest BCUT2D eigenvalue weighted by Crippen LogP contribution is 2.23. The number of nitrogens with two attached hydrogens (primary N) is 1. The Bertz CT molecular complexity index is 612. The number of carbonyl (C=O) groups is 1. The van der Waals surface area contributed by atoms with Crippen molar-refractivity contribution in [2.45, 2.75) is 0 Å². The first-order valence-electron chi connectivity index (χ1n) is 4.97. The van der Waals surface area contributed by atoms with Crippen LogP contribution in [0.1, 0.15) is 10.4 Å². The van der Waals surface area contributed by atoms with Crippen LogP contribution in [0.15, 0.2) is 18.2 Å². The third-order valence-electron chi connectivity index (χ3n) is 2.14. The van der Waals surface area contributed by atoms with E-state index < -0.39 is 32.2 Å². The van der Waals surface area contributed by atoms with Gasteiger partial charge in [0.15, 0.2) is 0 Å². The minimum absolute atomic E-state index is 0.0393. The van der Waals surface area contributed by atoms with Crippen LogP contribution in [0.3, 0.4) is 0 Å². The molecule has 1 aromatic carbocycles. The third-order valence-corrected chi connectivity index (χ3v) is 2.91. The summed E-state index contributed by atoms with van der Waals surface area (Å²) in [7, 11) is -3.63. The maximum atomic E-state index is 10.8. The fraction of sp³-hybridized carbons (Fsp3) is 0.222. The van der Waals surface area contributed by atoms with Gasteiger partial charge in [-0.1, -0.05) is 0 Å². The molecular formula is C9H11N3O6S. The number of hydrogen-bond donors (Lipinski definition) is 3. The van der Waals surface area contributed by atoms with Crippen LogP contribution in [0.5, 0.6) is 0 Å². The van der Waals surface area contributed by atoms with Crippen LogP contribution in [-0.4, -0.2) is 36.7 Å². The zero-order chi connectivity index (χ0) is 14.6. The largest absolute Gasteiger partial charge is 0.477 e. The molecule has 0 saturated carbocycles. The molecule has 0 aliphatic rings. The standard InChI is InChI=1S/C9H11N3O6S/c10-19(17,18)4-3-11-6-1-2-7(9(13)14)8(5-6)12(15)16/h1-2,5,11H,3-4H2,(H,13,14)(H2,10,17,18). The molecule has 0 aliphatic heterocycles. The number of aromatic carboxylic acids is 1. The van der Waals surface area contributed by atoms with Crippen molar-refractivity contribution in [2.75, 3.05) is 17.6 Å². The molecule has 0 radical (unpaired) electrons. The van der Waals surface area contributed by atoms with Gasteiger partial charge in [-0.25, -0.2) is 18.4 Å². The lowest BCUT2D eigenvalue weighted by atomic mass is 10.1. The molecule has 19 heavy (non-hydrogen) atoms. The van der Waals surface area contributed by atoms with E-state index in [-0.39, 0.29) is 18.0 Å². The van der Waals surface area contributed by atoms with Gasteiger partial charge in [0.2, 0.25) is 10.0 Å². The number of primary sulfonamides is 1. The normalized spacial score (nSPS) is 11.0. The maximum absolute atomic E-state index is 10.8. The summed E-state index contributed by atoms with van der Waals surface area (Å²) in [5.74, 6) is -1.76. The molecule has 0 atom stereocenters. The number of hydrogen-bond acceptors (Lipinski definition) is 6. The van der Waals surface area contributed by atoms with Crippen molar-refractivity contribution in [1.29, 1.82) is 0 Å². The summed E-state index contributed by atoms with van der Waals surface area (Å²) in [5.41, 5.74) is -0.782. The molecule has 0 amide bonds. The molecule has 9 nitrogen and oxygen atoms in total. The van der Waals surface area contributed by atoms with Gasteiger partial charge in [-0.05, 0) is 12.1 Å². The Kier molecular flexibility index (Phi) is 4.40. The Hall–Kier alpha value is -2.20. The van der Waals surface area contributed by atoms with Gasteiger partial charge in [0.25, 0.3) is 5.69 Å². The average Bonchev–Trinajstić information content (AvgIpc) is 2.26. The zero-order valence-electron chi connectivity index (χ0n) is 9.57. The van der Waals surface area contributed by atoms with Crippen molar-refractivity contribution in [3.8, 4) is 0 Å². The van der Waals surface area contributed by atoms with Crippen LogP contribution in [0.25, 0.3) is 0 Å². The lowest BCUT2D eigenvalue weighted by molar-refractivity contribution is -0.385. The summed E-state index contributed by atoms with van der Waals surface area (Å²) in [6.45, 7) is -0.0393. The highest BCUT2D eigenvalue weighted by Gasteiger charge is 2.19. The molecule has 0 fully saturated rings. The van der Waals surface area contributed by atoms with E-state index in [4.69, 9.17) is 10.2 Å². The van der Waals surface area contributed by atoms with Gasteiger partial charge < -0.3 is 10.4 Å². The molecule has 10 heteroatoms. The van der Waals surface area contributed by atoms with Crippen LogP contribution in [0.4, 0.5) is 11.4 Å². The second-order valence-corrected chi connectivity index (χ2v) is 5.32. The third kappa shape index (κ3) is 4.52. The van der Waals surface area contributed by atoms with Crippen molar-refractivity contribution in [3.05, 3.63) is 33.9 Å². The molecule has 0 aromatic heterocycles. The Balaban J connectivity index is 2.90. The number of nitro benzene ring substituents is 1.